The third-order valence-corrected chi connectivity index (χ3v) is 0.744. The molecule has 0 radical (unpaired) electrons. The van der Waals surface area contributed by atoms with E-state index in [1.807, 2.05) is 13.8 Å². The molecular formula is C10H24O2. The maximum Gasteiger partial charge on any atom is 0.0701 e. The molecule has 0 aromatic heterocycles. The van der Waals surface area contributed by atoms with Crippen molar-refractivity contribution in [3.05, 3.63) is 0 Å². The van der Waals surface area contributed by atoms with Crippen LogP contribution >= 0.6 is 0 Å². The van der Waals surface area contributed by atoms with Gasteiger partial charge in [-0.25, -0.2) is 0 Å². The van der Waals surface area contributed by atoms with E-state index >= 15 is 0 Å². The van der Waals surface area contributed by atoms with Crippen LogP contribution in [0.2, 0.25) is 0 Å². The van der Waals surface area contributed by atoms with Crippen LogP contribution in [0.25, 0.3) is 0 Å². The summed E-state index contributed by atoms with van der Waals surface area (Å²) in [4.78, 5) is 0. The Balaban J connectivity index is 0. The van der Waals surface area contributed by atoms with Crippen molar-refractivity contribution in [1.29, 1.82) is 0 Å². The normalized spacial score (nSPS) is 15.5. The summed E-state index contributed by atoms with van der Waals surface area (Å²) in [5, 5.41) is 0. The lowest BCUT2D eigenvalue weighted by molar-refractivity contribution is -0.0334. The van der Waals surface area contributed by atoms with Crippen LogP contribution in [0.1, 0.15) is 34.6 Å². The molecule has 0 aromatic carbocycles. The molecule has 0 N–H and O–H groups in total. The van der Waals surface area contributed by atoms with E-state index in [4.69, 9.17) is 9.47 Å². The highest BCUT2D eigenvalue weighted by Gasteiger charge is 1.94. The summed E-state index contributed by atoms with van der Waals surface area (Å²) in [6.07, 6.45) is 0. The molecule has 12 heavy (non-hydrogen) atoms. The van der Waals surface area contributed by atoms with E-state index in [1.165, 1.54) is 0 Å². The minimum atomic E-state index is 0.778. The highest BCUT2D eigenvalue weighted by molar-refractivity contribution is 4.37. The van der Waals surface area contributed by atoms with E-state index in [0.29, 0.717) is 0 Å². The first kappa shape index (κ1) is 14.4. The standard InChI is InChI=1S/C4H8O2.C4H10.C2H6/c1-2-6-4-3-5-1;1-4(2)3;1-2/h1-4H2;4H,1-3H3;1-2H3. The van der Waals surface area contributed by atoms with Crippen LogP contribution in [0.3, 0.4) is 0 Å². The number of ether oxygens (including phenoxy) is 2. The second kappa shape index (κ2) is 13.5. The highest BCUT2D eigenvalue weighted by atomic mass is 16.6. The van der Waals surface area contributed by atoms with Crippen molar-refractivity contribution in [2.75, 3.05) is 26.4 Å². The van der Waals surface area contributed by atoms with Crippen LogP contribution in [0.15, 0.2) is 0 Å². The van der Waals surface area contributed by atoms with Gasteiger partial charge in [-0.3, -0.25) is 0 Å². The van der Waals surface area contributed by atoms with Crippen LogP contribution in [-0.2, 0) is 9.47 Å². The minimum absolute atomic E-state index is 0.778. The molecule has 0 spiro atoms. The van der Waals surface area contributed by atoms with Gasteiger partial charge in [-0.1, -0.05) is 34.6 Å². The Morgan fingerprint density at radius 2 is 0.917 bits per heavy atom. The predicted octanol–water partition coefficient (Wildman–Crippen LogP) is 2.72. The molecule has 1 rings (SSSR count). The van der Waals surface area contributed by atoms with Gasteiger partial charge < -0.3 is 9.47 Å². The lowest BCUT2D eigenvalue weighted by atomic mass is 10.3. The molecule has 0 saturated carbocycles. The summed E-state index contributed by atoms with van der Waals surface area (Å²) in [6, 6.07) is 0. The van der Waals surface area contributed by atoms with Gasteiger partial charge in [-0.2, -0.15) is 0 Å². The van der Waals surface area contributed by atoms with Gasteiger partial charge in [0.1, 0.15) is 0 Å². The lowest BCUT2D eigenvalue weighted by Crippen LogP contribution is -2.16. The van der Waals surface area contributed by atoms with Crippen molar-refractivity contribution in [2.45, 2.75) is 34.6 Å². The first-order valence-electron chi connectivity index (χ1n) is 4.89. The molecule has 0 unspecified atom stereocenters. The highest BCUT2D eigenvalue weighted by Crippen LogP contribution is 1.85. The van der Waals surface area contributed by atoms with Gasteiger partial charge in [0.05, 0.1) is 26.4 Å². The third-order valence-electron chi connectivity index (χ3n) is 0.744. The zero-order valence-electron chi connectivity index (χ0n) is 9.22. The smallest absolute Gasteiger partial charge is 0.0701 e. The Bertz CT molecular complexity index is 44.6. The van der Waals surface area contributed by atoms with Crippen LogP contribution in [0.5, 0.6) is 0 Å². The fraction of sp³-hybridized carbons (Fsp3) is 1.00. The summed E-state index contributed by atoms with van der Waals surface area (Å²) in [7, 11) is 0. The Morgan fingerprint density at radius 3 is 1.00 bits per heavy atom. The van der Waals surface area contributed by atoms with E-state index in [-0.39, 0.29) is 0 Å². The number of rotatable bonds is 0. The Labute approximate surface area is 77.3 Å². The number of hydrogen-bond donors (Lipinski definition) is 0. The molecule has 0 aromatic rings. The Hall–Kier alpha value is -0.0800. The molecule has 0 aliphatic carbocycles. The average Bonchev–Trinajstić information content (AvgIpc) is 2.10. The van der Waals surface area contributed by atoms with E-state index < -0.39 is 0 Å². The van der Waals surface area contributed by atoms with Crippen molar-refractivity contribution in [2.24, 2.45) is 5.92 Å². The molecular weight excluding hydrogens is 152 g/mol. The second-order valence-corrected chi connectivity index (χ2v) is 2.96. The summed E-state index contributed by atoms with van der Waals surface area (Å²) in [5.74, 6) is 0.833. The first-order chi connectivity index (χ1) is 5.73. The van der Waals surface area contributed by atoms with Crippen molar-refractivity contribution in [1.82, 2.24) is 0 Å². The Kier molecular flexibility index (Phi) is 16.3. The quantitative estimate of drug-likeness (QED) is 0.565. The molecule has 0 bridgehead atoms. The van der Waals surface area contributed by atoms with Gasteiger partial charge in [0.2, 0.25) is 0 Å². The first-order valence-corrected chi connectivity index (χ1v) is 4.89. The van der Waals surface area contributed by atoms with Gasteiger partial charge >= 0.3 is 0 Å². The fourth-order valence-electron chi connectivity index (χ4n) is 0.440. The fourth-order valence-corrected chi connectivity index (χ4v) is 0.440. The molecule has 1 fully saturated rings. The molecule has 1 aliphatic heterocycles. The SMILES string of the molecule is C1COCCO1.CC.CC(C)C. The zero-order chi connectivity index (χ0) is 9.82. The topological polar surface area (TPSA) is 18.5 Å². The van der Waals surface area contributed by atoms with Crippen molar-refractivity contribution in [3.63, 3.8) is 0 Å². The summed E-state index contributed by atoms with van der Waals surface area (Å²) in [5.41, 5.74) is 0. The average molecular weight is 176 g/mol. The van der Waals surface area contributed by atoms with Crippen LogP contribution < -0.4 is 0 Å². The van der Waals surface area contributed by atoms with Crippen LogP contribution in [0, 0.1) is 5.92 Å². The zero-order valence-corrected chi connectivity index (χ0v) is 9.22. The van der Waals surface area contributed by atoms with E-state index in [2.05, 4.69) is 20.8 Å². The molecule has 76 valence electrons. The number of hydrogen-bond acceptors (Lipinski definition) is 2. The second-order valence-electron chi connectivity index (χ2n) is 2.96. The molecule has 1 heterocycles. The lowest BCUT2D eigenvalue weighted by Gasteiger charge is -2.09. The summed E-state index contributed by atoms with van der Waals surface area (Å²) >= 11 is 0. The molecule has 0 amide bonds. The predicted molar refractivity (Wildman–Crippen MR) is 53.5 cm³/mol. The molecule has 2 heteroatoms. The van der Waals surface area contributed by atoms with Gasteiger partial charge in [-0.15, -0.1) is 0 Å². The molecule has 0 atom stereocenters. The van der Waals surface area contributed by atoms with Gasteiger partial charge in [0.25, 0.3) is 0 Å². The van der Waals surface area contributed by atoms with Crippen molar-refractivity contribution in [3.8, 4) is 0 Å². The van der Waals surface area contributed by atoms with Crippen LogP contribution in [-0.4, -0.2) is 26.4 Å². The summed E-state index contributed by atoms with van der Waals surface area (Å²) < 4.78 is 9.89. The maximum absolute atomic E-state index is 4.94. The van der Waals surface area contributed by atoms with Gasteiger partial charge in [0, 0.05) is 0 Å². The van der Waals surface area contributed by atoms with E-state index in [0.717, 1.165) is 32.3 Å². The van der Waals surface area contributed by atoms with E-state index in [9.17, 15) is 0 Å². The van der Waals surface area contributed by atoms with Gasteiger partial charge in [-0.05, 0) is 5.92 Å². The van der Waals surface area contributed by atoms with Gasteiger partial charge in [0.15, 0.2) is 0 Å². The molecule has 2 nitrogen and oxygen atoms in total. The monoisotopic (exact) mass is 176 g/mol. The van der Waals surface area contributed by atoms with E-state index in [1.54, 1.807) is 0 Å². The maximum atomic E-state index is 4.94. The third kappa shape index (κ3) is 22.5. The van der Waals surface area contributed by atoms with Crippen molar-refractivity contribution >= 4 is 0 Å². The van der Waals surface area contributed by atoms with Crippen molar-refractivity contribution < 1.29 is 9.47 Å². The molecule has 1 saturated heterocycles. The molecule has 1 aliphatic rings. The summed E-state index contributed by atoms with van der Waals surface area (Å²) in [6.45, 7) is 13.6. The largest absolute Gasteiger partial charge is 0.377 e. The van der Waals surface area contributed by atoms with Crippen LogP contribution in [0.4, 0.5) is 0 Å². The minimum Gasteiger partial charge on any atom is -0.377 e. The Morgan fingerprint density at radius 1 is 0.750 bits per heavy atom.